The largest absolute Gasteiger partial charge is 0.339 e. The van der Waals surface area contributed by atoms with Gasteiger partial charge in [0.25, 0.3) is 5.91 Å². The molecule has 0 aliphatic heterocycles. The molecule has 3 aromatic heterocycles. The summed E-state index contributed by atoms with van der Waals surface area (Å²) in [5.74, 6) is 0.137. The molecule has 7 heteroatoms. The average Bonchev–Trinajstić information content (AvgIpc) is 3.23. The van der Waals surface area contributed by atoms with Crippen molar-refractivity contribution in [3.05, 3.63) is 22.6 Å². The Morgan fingerprint density at radius 3 is 3.13 bits per heavy atom. The SMILES string of the molecule is CCCCN(C)C(=O)c1nc2c3c4c(sc3ncn2n1)CCC4. The van der Waals surface area contributed by atoms with E-state index >= 15 is 0 Å². The van der Waals surface area contributed by atoms with Crippen LogP contribution in [0, 0.1) is 0 Å². The lowest BCUT2D eigenvalue weighted by molar-refractivity contribution is 0.0781. The quantitative estimate of drug-likeness (QED) is 0.738. The van der Waals surface area contributed by atoms with Crippen molar-refractivity contribution in [3.63, 3.8) is 0 Å². The van der Waals surface area contributed by atoms with Crippen LogP contribution < -0.4 is 0 Å². The number of fused-ring (bicyclic) bond motifs is 5. The molecule has 0 fully saturated rings. The fourth-order valence-corrected chi connectivity index (χ4v) is 4.37. The van der Waals surface area contributed by atoms with Crippen LogP contribution >= 0.6 is 11.3 Å². The van der Waals surface area contributed by atoms with Crippen LogP contribution in [0.15, 0.2) is 6.33 Å². The van der Waals surface area contributed by atoms with E-state index in [9.17, 15) is 4.79 Å². The van der Waals surface area contributed by atoms with E-state index in [4.69, 9.17) is 0 Å². The molecule has 0 saturated carbocycles. The minimum Gasteiger partial charge on any atom is -0.339 e. The second kappa shape index (κ2) is 5.56. The zero-order valence-corrected chi connectivity index (χ0v) is 14.2. The molecule has 1 aliphatic rings. The maximum atomic E-state index is 12.5. The molecule has 120 valence electrons. The minimum atomic E-state index is -0.123. The number of unbranched alkanes of at least 4 members (excludes halogenated alkanes) is 1. The first-order valence-electron chi connectivity index (χ1n) is 8.10. The molecule has 0 aromatic carbocycles. The van der Waals surface area contributed by atoms with E-state index in [0.717, 1.165) is 48.1 Å². The lowest BCUT2D eigenvalue weighted by Gasteiger charge is -2.13. The fraction of sp³-hybridized carbons (Fsp3) is 0.500. The summed E-state index contributed by atoms with van der Waals surface area (Å²) >= 11 is 1.75. The second-order valence-corrected chi connectivity index (χ2v) is 7.15. The summed E-state index contributed by atoms with van der Waals surface area (Å²) in [6.07, 6.45) is 7.10. The van der Waals surface area contributed by atoms with Crippen LogP contribution in [-0.2, 0) is 12.8 Å². The van der Waals surface area contributed by atoms with Crippen molar-refractivity contribution in [2.45, 2.75) is 39.0 Å². The van der Waals surface area contributed by atoms with Gasteiger partial charge < -0.3 is 4.90 Å². The summed E-state index contributed by atoms with van der Waals surface area (Å²) in [6, 6.07) is 0. The van der Waals surface area contributed by atoms with Gasteiger partial charge in [0, 0.05) is 18.5 Å². The van der Waals surface area contributed by atoms with Crippen LogP contribution in [0.1, 0.15) is 47.2 Å². The molecule has 23 heavy (non-hydrogen) atoms. The molecule has 1 aliphatic carbocycles. The number of hydrogen-bond acceptors (Lipinski definition) is 5. The van der Waals surface area contributed by atoms with Gasteiger partial charge in [0.1, 0.15) is 11.2 Å². The third kappa shape index (κ3) is 2.30. The summed E-state index contributed by atoms with van der Waals surface area (Å²) < 4.78 is 1.65. The summed E-state index contributed by atoms with van der Waals surface area (Å²) in [5, 5.41) is 5.44. The number of nitrogens with zero attached hydrogens (tertiary/aromatic N) is 5. The van der Waals surface area contributed by atoms with E-state index in [1.165, 1.54) is 16.9 Å². The van der Waals surface area contributed by atoms with Crippen molar-refractivity contribution >= 4 is 33.1 Å². The molecule has 3 aromatic rings. The lowest BCUT2D eigenvalue weighted by atomic mass is 10.2. The number of rotatable bonds is 4. The van der Waals surface area contributed by atoms with Crippen molar-refractivity contribution in [2.75, 3.05) is 13.6 Å². The maximum absolute atomic E-state index is 12.5. The van der Waals surface area contributed by atoms with Gasteiger partial charge in [-0.05, 0) is 31.2 Å². The molecule has 1 amide bonds. The van der Waals surface area contributed by atoms with E-state index in [2.05, 4.69) is 22.0 Å². The highest BCUT2D eigenvalue weighted by Crippen LogP contribution is 2.37. The molecule has 4 rings (SSSR count). The number of carbonyl (C=O) groups is 1. The Balaban J connectivity index is 1.78. The smallest absolute Gasteiger partial charge is 0.293 e. The summed E-state index contributed by atoms with van der Waals surface area (Å²) in [5.41, 5.74) is 2.12. The van der Waals surface area contributed by atoms with Crippen LogP contribution in [0.5, 0.6) is 0 Å². The Morgan fingerprint density at radius 1 is 1.43 bits per heavy atom. The van der Waals surface area contributed by atoms with Gasteiger partial charge in [-0.15, -0.1) is 16.4 Å². The topological polar surface area (TPSA) is 63.4 Å². The molecule has 0 spiro atoms. The van der Waals surface area contributed by atoms with Crippen molar-refractivity contribution in [1.29, 1.82) is 0 Å². The molecule has 0 bridgehead atoms. The van der Waals surface area contributed by atoms with Gasteiger partial charge in [-0.3, -0.25) is 4.79 Å². The number of thiophene rings is 1. The highest BCUT2D eigenvalue weighted by atomic mass is 32.1. The number of aryl methyl sites for hydroxylation is 2. The Kier molecular flexibility index (Phi) is 3.52. The first kappa shape index (κ1) is 14.6. The Morgan fingerprint density at radius 2 is 2.30 bits per heavy atom. The molecular formula is C16H19N5OS. The van der Waals surface area contributed by atoms with Crippen molar-refractivity contribution < 1.29 is 4.79 Å². The van der Waals surface area contributed by atoms with Gasteiger partial charge in [0.05, 0.1) is 5.39 Å². The van der Waals surface area contributed by atoms with Crippen LogP contribution in [0.3, 0.4) is 0 Å². The van der Waals surface area contributed by atoms with Gasteiger partial charge in [0.2, 0.25) is 5.82 Å². The van der Waals surface area contributed by atoms with E-state index in [0.29, 0.717) is 0 Å². The standard InChI is InChI=1S/C16H19N5OS/c1-3-4-8-20(2)16(22)13-18-14-12-10-6-5-7-11(10)23-15(12)17-9-21(14)19-13/h9H,3-8H2,1-2H3. The third-order valence-corrected chi connectivity index (χ3v) is 5.63. The number of amides is 1. The molecule has 0 N–H and O–H groups in total. The number of hydrogen-bond donors (Lipinski definition) is 0. The highest BCUT2D eigenvalue weighted by Gasteiger charge is 2.23. The van der Waals surface area contributed by atoms with E-state index in [1.54, 1.807) is 34.1 Å². The monoisotopic (exact) mass is 329 g/mol. The molecule has 0 saturated heterocycles. The van der Waals surface area contributed by atoms with E-state index < -0.39 is 0 Å². The van der Waals surface area contributed by atoms with Crippen LogP contribution in [0.25, 0.3) is 15.9 Å². The van der Waals surface area contributed by atoms with Gasteiger partial charge in [-0.25, -0.2) is 14.5 Å². The first-order valence-corrected chi connectivity index (χ1v) is 8.91. The predicted octanol–water partition coefficient (Wildman–Crippen LogP) is 2.70. The van der Waals surface area contributed by atoms with Crippen LogP contribution in [0.2, 0.25) is 0 Å². The summed E-state index contributed by atoms with van der Waals surface area (Å²) in [4.78, 5) is 25.7. The average molecular weight is 329 g/mol. The van der Waals surface area contributed by atoms with Crippen molar-refractivity contribution in [2.24, 2.45) is 0 Å². The van der Waals surface area contributed by atoms with Crippen molar-refractivity contribution in [3.8, 4) is 0 Å². The zero-order chi connectivity index (χ0) is 16.0. The third-order valence-electron chi connectivity index (χ3n) is 4.43. The van der Waals surface area contributed by atoms with E-state index in [-0.39, 0.29) is 11.7 Å². The molecular weight excluding hydrogens is 310 g/mol. The summed E-state index contributed by atoms with van der Waals surface area (Å²) in [6.45, 7) is 2.84. The van der Waals surface area contributed by atoms with Crippen LogP contribution in [0.4, 0.5) is 0 Å². The molecule has 6 nitrogen and oxygen atoms in total. The first-order chi connectivity index (χ1) is 11.2. The molecule has 0 unspecified atom stereocenters. The Bertz CT molecular complexity index is 897. The fourth-order valence-electron chi connectivity index (χ4n) is 3.15. The Hall–Kier alpha value is -2.02. The van der Waals surface area contributed by atoms with Gasteiger partial charge >= 0.3 is 0 Å². The van der Waals surface area contributed by atoms with Gasteiger partial charge in [0.15, 0.2) is 5.65 Å². The molecule has 0 atom stereocenters. The minimum absolute atomic E-state index is 0.123. The second-order valence-electron chi connectivity index (χ2n) is 6.07. The number of aromatic nitrogens is 4. The molecule has 3 heterocycles. The summed E-state index contributed by atoms with van der Waals surface area (Å²) in [7, 11) is 1.81. The molecule has 0 radical (unpaired) electrons. The van der Waals surface area contributed by atoms with Crippen LogP contribution in [-0.4, -0.2) is 44.0 Å². The zero-order valence-electron chi connectivity index (χ0n) is 13.4. The number of carbonyl (C=O) groups excluding carboxylic acids is 1. The normalized spacial score (nSPS) is 13.8. The van der Waals surface area contributed by atoms with Gasteiger partial charge in [-0.2, -0.15) is 0 Å². The lowest BCUT2D eigenvalue weighted by Crippen LogP contribution is -2.28. The predicted molar refractivity (Wildman–Crippen MR) is 90.1 cm³/mol. The van der Waals surface area contributed by atoms with Crippen molar-refractivity contribution in [1.82, 2.24) is 24.5 Å². The maximum Gasteiger partial charge on any atom is 0.293 e. The van der Waals surface area contributed by atoms with Gasteiger partial charge in [-0.1, -0.05) is 13.3 Å². The Labute approximate surface area is 138 Å². The highest BCUT2D eigenvalue weighted by molar-refractivity contribution is 7.19. The van der Waals surface area contributed by atoms with E-state index in [1.807, 2.05) is 0 Å².